The molecule has 6 heteroatoms. The molecule has 0 radical (unpaired) electrons. The van der Waals surface area contributed by atoms with Gasteiger partial charge in [-0.05, 0) is 54.7 Å². The minimum Gasteiger partial charge on any atom is -0.207 e. The summed E-state index contributed by atoms with van der Waals surface area (Å²) in [7, 11) is -3.74. The number of hydrogen-bond acceptors (Lipinski definition) is 2. The Morgan fingerprint density at radius 3 is 2.42 bits per heavy atom. The molecule has 2 aromatic carbocycles. The van der Waals surface area contributed by atoms with E-state index >= 15 is 0 Å². The van der Waals surface area contributed by atoms with Gasteiger partial charge >= 0.3 is 0 Å². The van der Waals surface area contributed by atoms with Crippen LogP contribution in [0.1, 0.15) is 30.7 Å². The van der Waals surface area contributed by atoms with Crippen molar-refractivity contribution in [2.24, 2.45) is 0 Å². The van der Waals surface area contributed by atoms with Crippen molar-refractivity contribution in [3.8, 4) is 0 Å². The van der Waals surface area contributed by atoms with Crippen molar-refractivity contribution in [1.29, 1.82) is 0 Å². The van der Waals surface area contributed by atoms with Crippen LogP contribution in [-0.2, 0) is 10.0 Å². The second-order valence-electron chi connectivity index (χ2n) is 6.06. The van der Waals surface area contributed by atoms with E-state index in [2.05, 4.69) is 0 Å². The van der Waals surface area contributed by atoms with Gasteiger partial charge in [0.2, 0.25) is 10.0 Å². The van der Waals surface area contributed by atoms with Crippen molar-refractivity contribution >= 4 is 10.0 Å². The molecule has 128 valence electrons. The molecule has 0 spiro atoms. The van der Waals surface area contributed by atoms with E-state index in [9.17, 15) is 17.2 Å². The van der Waals surface area contributed by atoms with Crippen molar-refractivity contribution < 1.29 is 17.2 Å². The lowest BCUT2D eigenvalue weighted by Gasteiger charge is -2.24. The maximum Gasteiger partial charge on any atom is 0.243 e. The van der Waals surface area contributed by atoms with Gasteiger partial charge in [-0.15, -0.1) is 0 Å². The SMILES string of the molecule is O=S(=O)(c1cccc(F)c1)N1CCCCC(c2ccc(F)cc2)C1. The average Bonchev–Trinajstić information content (AvgIpc) is 2.82. The summed E-state index contributed by atoms with van der Waals surface area (Å²) >= 11 is 0. The van der Waals surface area contributed by atoms with E-state index in [0.717, 1.165) is 30.9 Å². The quantitative estimate of drug-likeness (QED) is 0.840. The van der Waals surface area contributed by atoms with Crippen LogP contribution in [0, 0.1) is 11.6 Å². The first kappa shape index (κ1) is 17.0. The Labute approximate surface area is 141 Å². The summed E-state index contributed by atoms with van der Waals surface area (Å²) in [5, 5.41) is 0. The Balaban J connectivity index is 1.88. The van der Waals surface area contributed by atoms with Crippen molar-refractivity contribution in [2.75, 3.05) is 13.1 Å². The minimum absolute atomic E-state index is 0.0106. The highest BCUT2D eigenvalue weighted by Gasteiger charge is 2.29. The van der Waals surface area contributed by atoms with Crippen LogP contribution in [0.5, 0.6) is 0 Å². The minimum atomic E-state index is -3.74. The summed E-state index contributed by atoms with van der Waals surface area (Å²) in [6.45, 7) is 0.737. The molecule has 0 N–H and O–H groups in total. The third kappa shape index (κ3) is 3.65. The van der Waals surface area contributed by atoms with Gasteiger partial charge < -0.3 is 0 Å². The fourth-order valence-electron chi connectivity index (χ4n) is 3.11. The Kier molecular flexibility index (Phi) is 4.96. The number of rotatable bonds is 3. The van der Waals surface area contributed by atoms with Crippen LogP contribution >= 0.6 is 0 Å². The summed E-state index contributed by atoms with van der Waals surface area (Å²) in [5.41, 5.74) is 0.928. The molecule has 1 unspecified atom stereocenters. The van der Waals surface area contributed by atoms with E-state index in [1.807, 2.05) is 0 Å². The molecule has 1 aliphatic rings. The first-order valence-electron chi connectivity index (χ1n) is 7.98. The number of benzene rings is 2. The molecule has 1 fully saturated rings. The van der Waals surface area contributed by atoms with Crippen LogP contribution in [0.4, 0.5) is 8.78 Å². The molecular weight excluding hydrogens is 332 g/mol. The van der Waals surface area contributed by atoms with Gasteiger partial charge in [-0.3, -0.25) is 0 Å². The normalized spacial score (nSPS) is 19.8. The Bertz CT molecular complexity index is 806. The number of hydrogen-bond donors (Lipinski definition) is 0. The van der Waals surface area contributed by atoms with Gasteiger partial charge in [-0.1, -0.05) is 24.6 Å². The first-order chi connectivity index (χ1) is 11.5. The van der Waals surface area contributed by atoms with Gasteiger partial charge in [0.25, 0.3) is 0 Å². The van der Waals surface area contributed by atoms with Gasteiger partial charge in [0.05, 0.1) is 4.90 Å². The summed E-state index contributed by atoms with van der Waals surface area (Å²) < 4.78 is 53.6. The van der Waals surface area contributed by atoms with Crippen LogP contribution in [0.15, 0.2) is 53.4 Å². The van der Waals surface area contributed by atoms with Crippen molar-refractivity contribution in [2.45, 2.75) is 30.1 Å². The van der Waals surface area contributed by atoms with Gasteiger partial charge in [0.15, 0.2) is 0 Å². The molecule has 0 bridgehead atoms. The molecule has 24 heavy (non-hydrogen) atoms. The van der Waals surface area contributed by atoms with E-state index in [-0.39, 0.29) is 16.6 Å². The highest BCUT2D eigenvalue weighted by molar-refractivity contribution is 7.89. The zero-order chi connectivity index (χ0) is 17.2. The summed E-state index contributed by atoms with van der Waals surface area (Å²) in [4.78, 5) is -0.0257. The molecular formula is C18H19F2NO2S. The Morgan fingerprint density at radius 2 is 1.71 bits per heavy atom. The fraction of sp³-hybridized carbons (Fsp3) is 0.333. The van der Waals surface area contributed by atoms with Crippen LogP contribution in [0.3, 0.4) is 0 Å². The average molecular weight is 351 g/mol. The van der Waals surface area contributed by atoms with Gasteiger partial charge in [0.1, 0.15) is 11.6 Å². The van der Waals surface area contributed by atoms with E-state index in [4.69, 9.17) is 0 Å². The second-order valence-corrected chi connectivity index (χ2v) is 8.00. The molecule has 1 heterocycles. The van der Waals surface area contributed by atoms with E-state index in [1.54, 1.807) is 12.1 Å². The molecule has 0 amide bonds. The van der Waals surface area contributed by atoms with Crippen LogP contribution in [0.25, 0.3) is 0 Å². The van der Waals surface area contributed by atoms with Gasteiger partial charge in [-0.25, -0.2) is 17.2 Å². The van der Waals surface area contributed by atoms with E-state index in [1.165, 1.54) is 34.6 Å². The lowest BCUT2D eigenvalue weighted by atomic mass is 9.95. The lowest BCUT2D eigenvalue weighted by Crippen LogP contribution is -2.34. The molecule has 3 rings (SSSR count). The number of halogens is 2. The number of nitrogens with zero attached hydrogens (tertiary/aromatic N) is 1. The van der Waals surface area contributed by atoms with Crippen LogP contribution in [-0.4, -0.2) is 25.8 Å². The molecule has 1 atom stereocenters. The lowest BCUT2D eigenvalue weighted by molar-refractivity contribution is 0.406. The third-order valence-corrected chi connectivity index (χ3v) is 6.27. The Hall–Kier alpha value is -1.79. The smallest absolute Gasteiger partial charge is 0.207 e. The topological polar surface area (TPSA) is 37.4 Å². The monoisotopic (exact) mass is 351 g/mol. The first-order valence-corrected chi connectivity index (χ1v) is 9.42. The highest BCUT2D eigenvalue weighted by Crippen LogP contribution is 2.29. The molecule has 3 nitrogen and oxygen atoms in total. The third-order valence-electron chi connectivity index (χ3n) is 4.41. The highest BCUT2D eigenvalue weighted by atomic mass is 32.2. The predicted octanol–water partition coefficient (Wildman–Crippen LogP) is 3.92. The predicted molar refractivity (Wildman–Crippen MR) is 88.2 cm³/mol. The van der Waals surface area contributed by atoms with Crippen molar-refractivity contribution in [1.82, 2.24) is 4.31 Å². The molecule has 1 saturated heterocycles. The summed E-state index contributed by atoms with van der Waals surface area (Å²) in [6, 6.07) is 11.3. The van der Waals surface area contributed by atoms with Crippen molar-refractivity contribution in [3.05, 3.63) is 65.7 Å². The van der Waals surface area contributed by atoms with Gasteiger partial charge in [0, 0.05) is 13.1 Å². The molecule has 0 aromatic heterocycles. The molecule has 0 aliphatic carbocycles. The van der Waals surface area contributed by atoms with Crippen LogP contribution < -0.4 is 0 Å². The fourth-order valence-corrected chi connectivity index (χ4v) is 4.66. The zero-order valence-corrected chi connectivity index (χ0v) is 14.0. The zero-order valence-electron chi connectivity index (χ0n) is 13.2. The molecule has 1 aliphatic heterocycles. The molecule has 0 saturated carbocycles. The second kappa shape index (κ2) is 6.99. The standard InChI is InChI=1S/C18H19F2NO2S/c19-16-9-7-14(8-10-16)15-4-1-2-11-21(13-15)24(22,23)18-6-3-5-17(20)12-18/h3,5-10,12,15H,1-2,4,11,13H2. The van der Waals surface area contributed by atoms with E-state index in [0.29, 0.717) is 13.1 Å². The maximum atomic E-state index is 13.4. The molecule has 2 aromatic rings. The summed E-state index contributed by atoms with van der Waals surface area (Å²) in [6.07, 6.45) is 2.50. The van der Waals surface area contributed by atoms with E-state index < -0.39 is 15.8 Å². The largest absolute Gasteiger partial charge is 0.243 e. The number of sulfonamides is 1. The maximum absolute atomic E-state index is 13.4. The van der Waals surface area contributed by atoms with Crippen LogP contribution in [0.2, 0.25) is 0 Å². The summed E-state index contributed by atoms with van der Waals surface area (Å²) in [5.74, 6) is -0.867. The van der Waals surface area contributed by atoms with Gasteiger partial charge in [-0.2, -0.15) is 4.31 Å². The Morgan fingerprint density at radius 1 is 0.958 bits per heavy atom. The van der Waals surface area contributed by atoms with Crippen molar-refractivity contribution in [3.63, 3.8) is 0 Å².